The van der Waals surface area contributed by atoms with Crippen LogP contribution in [0.15, 0.2) is 91.0 Å². The summed E-state index contributed by atoms with van der Waals surface area (Å²) in [7, 11) is -1.61. The molecule has 3 aromatic carbocycles. The highest BCUT2D eigenvalue weighted by Gasteiger charge is 2.45. The summed E-state index contributed by atoms with van der Waals surface area (Å²) in [6.45, 7) is 4.67. The molecule has 0 N–H and O–H groups in total. The van der Waals surface area contributed by atoms with Gasteiger partial charge in [0.15, 0.2) is 0 Å². The number of halogens is 1. The van der Waals surface area contributed by atoms with Crippen LogP contribution in [0.5, 0.6) is 0 Å². The van der Waals surface area contributed by atoms with E-state index in [-0.39, 0.29) is 17.0 Å². The van der Waals surface area contributed by atoms with E-state index in [9.17, 15) is 0 Å². The van der Waals surface area contributed by atoms with Gasteiger partial charge in [0.05, 0.1) is 6.16 Å². The van der Waals surface area contributed by atoms with Crippen molar-refractivity contribution in [1.82, 2.24) is 0 Å². The van der Waals surface area contributed by atoms with Crippen molar-refractivity contribution in [2.75, 3.05) is 6.16 Å². The highest BCUT2D eigenvalue weighted by atomic mass is 79.9. The molecule has 0 spiro atoms. The molecular weight excluding hydrogens is 375 g/mol. The van der Waals surface area contributed by atoms with Crippen LogP contribution in [-0.2, 0) is 0 Å². The van der Waals surface area contributed by atoms with Gasteiger partial charge in [0.1, 0.15) is 23.2 Å². The van der Waals surface area contributed by atoms with E-state index < -0.39 is 7.26 Å². The molecule has 0 aliphatic rings. The molecule has 0 fully saturated rings. The summed E-state index contributed by atoms with van der Waals surface area (Å²) >= 11 is 0. The average Bonchev–Trinajstić information content (AvgIpc) is 2.62. The number of rotatable bonds is 5. The zero-order chi connectivity index (χ0) is 16.1. The Labute approximate surface area is 157 Å². The smallest absolute Gasteiger partial charge is 0.112 e. The van der Waals surface area contributed by atoms with Crippen LogP contribution in [0.25, 0.3) is 0 Å². The lowest BCUT2D eigenvalue weighted by Crippen LogP contribution is -3.00. The molecule has 3 aromatic rings. The minimum atomic E-state index is -1.61. The molecule has 3 rings (SSSR count). The fraction of sp³-hybridized carbons (Fsp3) is 0.182. The predicted octanol–water partition coefficient (Wildman–Crippen LogP) is 1.64. The summed E-state index contributed by atoms with van der Waals surface area (Å²) in [6, 6.07) is 33.3. The fourth-order valence-corrected chi connectivity index (χ4v) is 8.02. The van der Waals surface area contributed by atoms with Crippen molar-refractivity contribution in [3.05, 3.63) is 91.0 Å². The first-order chi connectivity index (χ1) is 11.2. The molecular formula is C22H24BrP. The zero-order valence-electron chi connectivity index (χ0n) is 14.3. The van der Waals surface area contributed by atoms with Crippen LogP contribution in [0.3, 0.4) is 0 Å². The van der Waals surface area contributed by atoms with Gasteiger partial charge in [0, 0.05) is 0 Å². The van der Waals surface area contributed by atoms with Crippen LogP contribution < -0.4 is 32.9 Å². The second-order valence-electron chi connectivity index (χ2n) is 6.39. The summed E-state index contributed by atoms with van der Waals surface area (Å²) in [4.78, 5) is 0. The molecule has 0 aromatic heterocycles. The maximum absolute atomic E-state index is 2.34. The quantitative estimate of drug-likeness (QED) is 0.573. The van der Waals surface area contributed by atoms with Crippen LogP contribution in [0, 0.1) is 5.92 Å². The SMILES string of the molecule is CC(C)C[P+](c1ccccc1)(c1ccccc1)c1ccccc1.[Br-]. The van der Waals surface area contributed by atoms with E-state index in [1.165, 1.54) is 22.1 Å². The van der Waals surface area contributed by atoms with Crippen LogP contribution in [0.4, 0.5) is 0 Å². The van der Waals surface area contributed by atoms with E-state index in [2.05, 4.69) is 105 Å². The maximum atomic E-state index is 2.34. The van der Waals surface area contributed by atoms with Crippen LogP contribution >= 0.6 is 7.26 Å². The van der Waals surface area contributed by atoms with Gasteiger partial charge >= 0.3 is 0 Å². The van der Waals surface area contributed by atoms with E-state index in [0.29, 0.717) is 5.92 Å². The van der Waals surface area contributed by atoms with Gasteiger partial charge in [-0.2, -0.15) is 0 Å². The van der Waals surface area contributed by atoms with Gasteiger partial charge in [-0.15, -0.1) is 0 Å². The minimum absolute atomic E-state index is 0. The van der Waals surface area contributed by atoms with Gasteiger partial charge in [-0.05, 0) is 42.3 Å². The fourth-order valence-electron chi connectivity index (χ4n) is 3.36. The summed E-state index contributed by atoms with van der Waals surface area (Å²) in [5.74, 6) is 0.643. The Balaban J connectivity index is 0.00000208. The Bertz CT molecular complexity index is 627. The van der Waals surface area contributed by atoms with E-state index in [4.69, 9.17) is 0 Å². The summed E-state index contributed by atoms with van der Waals surface area (Å²) in [6.07, 6.45) is 1.20. The van der Waals surface area contributed by atoms with E-state index >= 15 is 0 Å². The van der Waals surface area contributed by atoms with Crippen molar-refractivity contribution in [1.29, 1.82) is 0 Å². The van der Waals surface area contributed by atoms with Crippen molar-refractivity contribution >= 4 is 23.2 Å². The molecule has 124 valence electrons. The summed E-state index contributed by atoms with van der Waals surface area (Å²) in [5.41, 5.74) is 0. The molecule has 0 saturated heterocycles. The number of hydrogen-bond donors (Lipinski definition) is 0. The normalized spacial score (nSPS) is 11.1. The first kappa shape index (κ1) is 18.9. The van der Waals surface area contributed by atoms with Crippen molar-refractivity contribution in [3.63, 3.8) is 0 Å². The first-order valence-corrected chi connectivity index (χ1v) is 10.3. The second kappa shape index (κ2) is 8.60. The van der Waals surface area contributed by atoms with Crippen molar-refractivity contribution < 1.29 is 17.0 Å². The predicted molar refractivity (Wildman–Crippen MR) is 105 cm³/mol. The minimum Gasteiger partial charge on any atom is -1.00 e. The standard InChI is InChI=1S/C22H24P.BrH/c1-19(2)18-23(20-12-6-3-7-13-20,21-14-8-4-9-15-21)22-16-10-5-11-17-22;/h3-17,19H,18H2,1-2H3;1H/q+1;/p-1. The van der Waals surface area contributed by atoms with E-state index in [1.54, 1.807) is 0 Å². The lowest BCUT2D eigenvalue weighted by Gasteiger charge is -2.29. The monoisotopic (exact) mass is 398 g/mol. The average molecular weight is 399 g/mol. The zero-order valence-corrected chi connectivity index (χ0v) is 16.8. The molecule has 24 heavy (non-hydrogen) atoms. The number of benzene rings is 3. The molecule has 0 amide bonds. The van der Waals surface area contributed by atoms with Crippen LogP contribution in [-0.4, -0.2) is 6.16 Å². The molecule has 0 saturated carbocycles. The molecule has 0 radical (unpaired) electrons. The van der Waals surface area contributed by atoms with Crippen molar-refractivity contribution in [2.45, 2.75) is 13.8 Å². The highest BCUT2D eigenvalue weighted by molar-refractivity contribution is 7.95. The Hall–Kier alpha value is -1.43. The second-order valence-corrected chi connectivity index (χ2v) is 9.93. The maximum Gasteiger partial charge on any atom is 0.112 e. The topological polar surface area (TPSA) is 0 Å². The van der Waals surface area contributed by atoms with Gasteiger partial charge in [-0.1, -0.05) is 68.4 Å². The molecule has 2 heteroatoms. The largest absolute Gasteiger partial charge is 1.00 e. The Morgan fingerprint density at radius 3 is 1.12 bits per heavy atom. The summed E-state index contributed by atoms with van der Waals surface area (Å²) in [5, 5.41) is 4.43. The van der Waals surface area contributed by atoms with Crippen LogP contribution in [0.1, 0.15) is 13.8 Å². The Morgan fingerprint density at radius 1 is 0.583 bits per heavy atom. The van der Waals surface area contributed by atoms with Gasteiger partial charge in [-0.25, -0.2) is 0 Å². The van der Waals surface area contributed by atoms with Crippen molar-refractivity contribution in [2.24, 2.45) is 5.92 Å². The Kier molecular flexibility index (Phi) is 6.78. The van der Waals surface area contributed by atoms with Gasteiger partial charge in [0.25, 0.3) is 0 Å². The van der Waals surface area contributed by atoms with Crippen LogP contribution in [0.2, 0.25) is 0 Å². The molecule has 0 aliphatic heterocycles. The van der Waals surface area contributed by atoms with Gasteiger partial charge < -0.3 is 17.0 Å². The summed E-state index contributed by atoms with van der Waals surface area (Å²) < 4.78 is 0. The Morgan fingerprint density at radius 2 is 0.875 bits per heavy atom. The van der Waals surface area contributed by atoms with Gasteiger partial charge in [0.2, 0.25) is 0 Å². The van der Waals surface area contributed by atoms with E-state index in [0.717, 1.165) is 0 Å². The first-order valence-electron chi connectivity index (χ1n) is 8.28. The molecule has 0 nitrogen and oxygen atoms in total. The molecule has 0 bridgehead atoms. The van der Waals surface area contributed by atoms with E-state index in [1.807, 2.05) is 0 Å². The third-order valence-corrected chi connectivity index (χ3v) is 9.05. The molecule has 0 heterocycles. The van der Waals surface area contributed by atoms with Gasteiger partial charge in [-0.3, -0.25) is 0 Å². The van der Waals surface area contributed by atoms with Crippen molar-refractivity contribution in [3.8, 4) is 0 Å². The molecule has 0 atom stereocenters. The third-order valence-electron chi connectivity index (χ3n) is 4.23. The molecule has 0 unspecified atom stereocenters. The third kappa shape index (κ3) is 3.79. The number of hydrogen-bond acceptors (Lipinski definition) is 0. The highest BCUT2D eigenvalue weighted by Crippen LogP contribution is 2.56. The lowest BCUT2D eigenvalue weighted by atomic mass is 10.3. The molecule has 0 aliphatic carbocycles. The lowest BCUT2D eigenvalue weighted by molar-refractivity contribution is -0.00000471.